The Morgan fingerprint density at radius 1 is 1.38 bits per heavy atom. The Morgan fingerprint density at radius 2 is 2.19 bits per heavy atom. The van der Waals surface area contributed by atoms with E-state index >= 15 is 0 Å². The molecule has 110 valence electrons. The van der Waals surface area contributed by atoms with E-state index in [1.165, 1.54) is 6.07 Å². The maximum absolute atomic E-state index is 13.0. The summed E-state index contributed by atoms with van der Waals surface area (Å²) in [5, 5.41) is 17.8. The highest BCUT2D eigenvalue weighted by molar-refractivity contribution is 5.99. The van der Waals surface area contributed by atoms with Crippen LogP contribution in [0.5, 0.6) is 0 Å². The number of nitrogens with zero attached hydrogens (tertiary/aromatic N) is 2. The fourth-order valence-electron chi connectivity index (χ4n) is 1.69. The molecule has 1 aromatic heterocycles. The number of benzene rings is 1. The third-order valence-corrected chi connectivity index (χ3v) is 2.65. The lowest BCUT2D eigenvalue weighted by atomic mass is 10.2. The van der Waals surface area contributed by atoms with Crippen molar-refractivity contribution >= 4 is 17.7 Å². The summed E-state index contributed by atoms with van der Waals surface area (Å²) in [5.41, 5.74) is -0.280. The molecule has 0 aliphatic rings. The van der Waals surface area contributed by atoms with E-state index in [0.717, 1.165) is 12.1 Å². The monoisotopic (exact) mass is 292 g/mol. The predicted octanol–water partition coefficient (Wildman–Crippen LogP) is 1.54. The predicted molar refractivity (Wildman–Crippen MR) is 72.6 cm³/mol. The molecule has 0 spiro atoms. The molecule has 2 amide bonds. The number of amides is 2. The van der Waals surface area contributed by atoms with Crippen LogP contribution in [0.25, 0.3) is 0 Å². The summed E-state index contributed by atoms with van der Waals surface area (Å²) in [6, 6.07) is 4.31. The van der Waals surface area contributed by atoms with Crippen molar-refractivity contribution in [3.8, 4) is 0 Å². The van der Waals surface area contributed by atoms with E-state index in [1.54, 1.807) is 23.1 Å². The van der Waals surface area contributed by atoms with Crippen molar-refractivity contribution in [2.45, 2.75) is 6.54 Å². The number of carboxylic acids is 1. The molecule has 8 heteroatoms. The minimum atomic E-state index is -1.32. The zero-order valence-corrected chi connectivity index (χ0v) is 10.9. The van der Waals surface area contributed by atoms with Gasteiger partial charge in [0.25, 0.3) is 0 Å². The van der Waals surface area contributed by atoms with Crippen molar-refractivity contribution < 1.29 is 19.1 Å². The maximum Gasteiger partial charge on any atom is 0.337 e. The average Bonchev–Trinajstić information content (AvgIpc) is 2.94. The van der Waals surface area contributed by atoms with Gasteiger partial charge in [-0.3, -0.25) is 4.68 Å². The number of hydrogen-bond donors (Lipinski definition) is 3. The normalized spacial score (nSPS) is 10.1. The number of rotatable bonds is 5. The average molecular weight is 292 g/mol. The van der Waals surface area contributed by atoms with Gasteiger partial charge in [-0.2, -0.15) is 5.10 Å². The van der Waals surface area contributed by atoms with E-state index in [1.807, 2.05) is 0 Å². The summed E-state index contributed by atoms with van der Waals surface area (Å²) in [6.45, 7) is 0.798. The molecular weight excluding hydrogens is 279 g/mol. The minimum Gasteiger partial charge on any atom is -0.478 e. The Kier molecular flexibility index (Phi) is 4.50. The number of carboxylic acid groups (broad SMARTS) is 1. The molecule has 3 N–H and O–H groups in total. The Balaban J connectivity index is 1.92. The molecule has 0 saturated heterocycles. The summed E-state index contributed by atoms with van der Waals surface area (Å²) in [4.78, 5) is 22.6. The van der Waals surface area contributed by atoms with E-state index in [4.69, 9.17) is 5.11 Å². The molecule has 0 fully saturated rings. The molecule has 2 rings (SSSR count). The second-order valence-corrected chi connectivity index (χ2v) is 4.15. The first-order chi connectivity index (χ1) is 10.1. The van der Waals surface area contributed by atoms with Crippen LogP contribution in [-0.2, 0) is 6.54 Å². The van der Waals surface area contributed by atoms with Gasteiger partial charge in [0.1, 0.15) is 5.82 Å². The second kappa shape index (κ2) is 6.51. The van der Waals surface area contributed by atoms with Crippen molar-refractivity contribution in [2.75, 3.05) is 11.9 Å². The van der Waals surface area contributed by atoms with Crippen molar-refractivity contribution in [1.82, 2.24) is 15.1 Å². The number of urea groups is 1. The lowest BCUT2D eigenvalue weighted by molar-refractivity contribution is 0.0697. The highest BCUT2D eigenvalue weighted by Gasteiger charge is 2.13. The smallest absolute Gasteiger partial charge is 0.337 e. The van der Waals surface area contributed by atoms with Gasteiger partial charge in [0.05, 0.1) is 17.8 Å². The third-order valence-electron chi connectivity index (χ3n) is 2.65. The molecule has 2 aromatic rings. The molecule has 0 unspecified atom stereocenters. The molecule has 1 aromatic carbocycles. The number of aromatic carboxylic acids is 1. The Bertz CT molecular complexity index is 643. The summed E-state index contributed by atoms with van der Waals surface area (Å²) < 4.78 is 14.6. The minimum absolute atomic E-state index is 0.0282. The van der Waals surface area contributed by atoms with Gasteiger partial charge in [-0.25, -0.2) is 14.0 Å². The van der Waals surface area contributed by atoms with Crippen molar-refractivity contribution in [1.29, 1.82) is 0 Å². The van der Waals surface area contributed by atoms with Crippen LogP contribution in [0.15, 0.2) is 36.7 Å². The van der Waals surface area contributed by atoms with Gasteiger partial charge >= 0.3 is 12.0 Å². The van der Waals surface area contributed by atoms with Crippen molar-refractivity contribution in [2.24, 2.45) is 0 Å². The van der Waals surface area contributed by atoms with E-state index in [0.29, 0.717) is 13.1 Å². The number of aromatic nitrogens is 2. The molecule has 1 heterocycles. The number of carbonyl (C=O) groups excluding carboxylic acids is 1. The van der Waals surface area contributed by atoms with E-state index in [-0.39, 0.29) is 11.3 Å². The quantitative estimate of drug-likeness (QED) is 0.779. The van der Waals surface area contributed by atoms with E-state index < -0.39 is 17.8 Å². The second-order valence-electron chi connectivity index (χ2n) is 4.15. The topological polar surface area (TPSA) is 96.3 Å². The van der Waals surface area contributed by atoms with E-state index in [2.05, 4.69) is 15.7 Å². The van der Waals surface area contributed by atoms with Crippen LogP contribution in [0.2, 0.25) is 0 Å². The first-order valence-corrected chi connectivity index (χ1v) is 6.11. The highest BCUT2D eigenvalue weighted by Crippen LogP contribution is 2.16. The SMILES string of the molecule is O=C(NCCn1cccn1)Nc1ccc(F)cc1C(=O)O. The Labute approximate surface area is 119 Å². The van der Waals surface area contributed by atoms with Gasteiger partial charge in [-0.15, -0.1) is 0 Å². The van der Waals surface area contributed by atoms with Crippen LogP contribution in [-0.4, -0.2) is 33.4 Å². The van der Waals surface area contributed by atoms with Crippen molar-refractivity contribution in [3.05, 3.63) is 48.0 Å². The molecule has 0 saturated carbocycles. The van der Waals surface area contributed by atoms with Gasteiger partial charge in [0, 0.05) is 18.9 Å². The number of anilines is 1. The Hall–Kier alpha value is -2.90. The standard InChI is InChI=1S/C13H13FN4O3/c14-9-2-3-11(10(8-9)12(19)20)17-13(21)15-5-7-18-6-1-4-16-18/h1-4,6,8H,5,7H2,(H,19,20)(H2,15,17,21). The molecule has 0 aliphatic carbocycles. The summed E-state index contributed by atoms with van der Waals surface area (Å²) in [5.74, 6) is -2.00. The number of hydrogen-bond acceptors (Lipinski definition) is 3. The first-order valence-electron chi connectivity index (χ1n) is 6.11. The Morgan fingerprint density at radius 3 is 2.86 bits per heavy atom. The molecule has 0 radical (unpaired) electrons. The van der Waals surface area contributed by atoms with Crippen LogP contribution >= 0.6 is 0 Å². The zero-order chi connectivity index (χ0) is 15.2. The lowest BCUT2D eigenvalue weighted by Gasteiger charge is -2.10. The molecule has 7 nitrogen and oxygen atoms in total. The van der Waals surface area contributed by atoms with Crippen LogP contribution < -0.4 is 10.6 Å². The van der Waals surface area contributed by atoms with Gasteiger partial charge < -0.3 is 15.7 Å². The number of nitrogens with one attached hydrogen (secondary N) is 2. The number of halogens is 1. The fourth-order valence-corrected chi connectivity index (χ4v) is 1.69. The third kappa shape index (κ3) is 4.03. The van der Waals surface area contributed by atoms with Crippen LogP contribution in [0.3, 0.4) is 0 Å². The maximum atomic E-state index is 13.0. The molecule has 21 heavy (non-hydrogen) atoms. The molecular formula is C13H13FN4O3. The van der Waals surface area contributed by atoms with Gasteiger partial charge in [0.2, 0.25) is 0 Å². The molecule has 0 aliphatic heterocycles. The lowest BCUT2D eigenvalue weighted by Crippen LogP contribution is -2.32. The number of carbonyl (C=O) groups is 2. The molecule has 0 atom stereocenters. The van der Waals surface area contributed by atoms with Crippen LogP contribution in [0, 0.1) is 5.82 Å². The van der Waals surface area contributed by atoms with Gasteiger partial charge in [-0.1, -0.05) is 0 Å². The van der Waals surface area contributed by atoms with E-state index in [9.17, 15) is 14.0 Å². The summed E-state index contributed by atoms with van der Waals surface area (Å²) in [7, 11) is 0. The molecule has 0 bridgehead atoms. The largest absolute Gasteiger partial charge is 0.478 e. The van der Waals surface area contributed by atoms with Crippen LogP contribution in [0.1, 0.15) is 10.4 Å². The van der Waals surface area contributed by atoms with Crippen LogP contribution in [0.4, 0.5) is 14.9 Å². The summed E-state index contributed by atoms with van der Waals surface area (Å²) in [6.07, 6.45) is 3.37. The first kappa shape index (κ1) is 14.5. The van der Waals surface area contributed by atoms with Gasteiger partial charge in [-0.05, 0) is 24.3 Å². The highest BCUT2D eigenvalue weighted by atomic mass is 19.1. The van der Waals surface area contributed by atoms with Gasteiger partial charge in [0.15, 0.2) is 0 Å². The summed E-state index contributed by atoms with van der Waals surface area (Å²) >= 11 is 0. The van der Waals surface area contributed by atoms with Crippen molar-refractivity contribution in [3.63, 3.8) is 0 Å². The zero-order valence-electron chi connectivity index (χ0n) is 10.9. The fraction of sp³-hybridized carbons (Fsp3) is 0.154.